The molecular formula is C15H23ClN2O. The second-order valence-electron chi connectivity index (χ2n) is 5.26. The predicted molar refractivity (Wildman–Crippen MR) is 79.1 cm³/mol. The summed E-state index contributed by atoms with van der Waals surface area (Å²) in [5.74, 6) is 5.64. The molecule has 0 amide bonds. The summed E-state index contributed by atoms with van der Waals surface area (Å²) >= 11 is 5.99. The fourth-order valence-corrected chi connectivity index (χ4v) is 2.87. The van der Waals surface area contributed by atoms with Crippen LogP contribution in [0.5, 0.6) is 0 Å². The number of hydrazine groups is 1. The highest BCUT2D eigenvalue weighted by Crippen LogP contribution is 2.19. The SMILES string of the molecule is NNC(CCCC1CCCO1)Cc1cccc(Cl)c1. The lowest BCUT2D eigenvalue weighted by molar-refractivity contribution is 0.101. The first kappa shape index (κ1) is 14.8. The fourth-order valence-electron chi connectivity index (χ4n) is 2.66. The van der Waals surface area contributed by atoms with Crippen molar-refractivity contribution in [3.8, 4) is 0 Å². The van der Waals surface area contributed by atoms with Gasteiger partial charge in [0, 0.05) is 17.7 Å². The van der Waals surface area contributed by atoms with Crippen molar-refractivity contribution in [1.82, 2.24) is 5.43 Å². The van der Waals surface area contributed by atoms with Gasteiger partial charge in [-0.2, -0.15) is 0 Å². The molecule has 3 nitrogen and oxygen atoms in total. The van der Waals surface area contributed by atoms with Gasteiger partial charge >= 0.3 is 0 Å². The Kier molecular flexibility index (Phi) is 6.11. The molecule has 1 aliphatic rings. The summed E-state index contributed by atoms with van der Waals surface area (Å²) in [7, 11) is 0. The van der Waals surface area contributed by atoms with E-state index < -0.39 is 0 Å². The van der Waals surface area contributed by atoms with E-state index in [1.165, 1.54) is 18.4 Å². The summed E-state index contributed by atoms with van der Waals surface area (Å²) in [5.41, 5.74) is 4.14. The van der Waals surface area contributed by atoms with E-state index in [1.807, 2.05) is 18.2 Å². The lowest BCUT2D eigenvalue weighted by atomic mass is 10.00. The standard InChI is InChI=1S/C15H23ClN2O/c16-13-5-1-4-12(10-13)11-14(18-17)6-2-7-15-8-3-9-19-15/h1,4-5,10,14-15,18H,2-3,6-9,11,17H2. The largest absolute Gasteiger partial charge is 0.378 e. The van der Waals surface area contributed by atoms with Crippen molar-refractivity contribution in [2.45, 2.75) is 50.7 Å². The molecule has 0 aromatic heterocycles. The maximum Gasteiger partial charge on any atom is 0.0576 e. The van der Waals surface area contributed by atoms with Gasteiger partial charge in [0.05, 0.1) is 6.10 Å². The predicted octanol–water partition coefficient (Wildman–Crippen LogP) is 3.06. The van der Waals surface area contributed by atoms with Crippen LogP contribution in [0.3, 0.4) is 0 Å². The number of nitrogens with one attached hydrogen (secondary N) is 1. The molecule has 2 unspecified atom stereocenters. The summed E-state index contributed by atoms with van der Waals surface area (Å²) < 4.78 is 5.63. The third kappa shape index (κ3) is 5.11. The Balaban J connectivity index is 1.73. The molecule has 1 aromatic carbocycles. The molecule has 1 aromatic rings. The molecule has 0 spiro atoms. The van der Waals surface area contributed by atoms with Crippen LogP contribution in [0.15, 0.2) is 24.3 Å². The Morgan fingerprint density at radius 1 is 1.47 bits per heavy atom. The average Bonchev–Trinajstić information content (AvgIpc) is 2.91. The molecule has 2 rings (SSSR count). The first-order valence-electron chi connectivity index (χ1n) is 7.10. The molecule has 106 valence electrons. The molecule has 1 heterocycles. The van der Waals surface area contributed by atoms with Crippen LogP contribution in [0.25, 0.3) is 0 Å². The topological polar surface area (TPSA) is 47.3 Å². The second-order valence-corrected chi connectivity index (χ2v) is 5.70. The van der Waals surface area contributed by atoms with E-state index in [0.717, 1.165) is 37.3 Å². The van der Waals surface area contributed by atoms with Crippen molar-refractivity contribution < 1.29 is 4.74 Å². The molecule has 0 aliphatic carbocycles. The molecule has 2 atom stereocenters. The van der Waals surface area contributed by atoms with Crippen LogP contribution in [0, 0.1) is 0 Å². The van der Waals surface area contributed by atoms with Crippen molar-refractivity contribution in [2.24, 2.45) is 5.84 Å². The van der Waals surface area contributed by atoms with Gasteiger partial charge in [-0.05, 0) is 56.2 Å². The van der Waals surface area contributed by atoms with Gasteiger partial charge in [-0.1, -0.05) is 23.7 Å². The number of nitrogens with two attached hydrogens (primary N) is 1. The Labute approximate surface area is 120 Å². The number of halogens is 1. The fraction of sp³-hybridized carbons (Fsp3) is 0.600. The van der Waals surface area contributed by atoms with E-state index in [9.17, 15) is 0 Å². The summed E-state index contributed by atoms with van der Waals surface area (Å²) in [6.07, 6.45) is 7.20. The zero-order chi connectivity index (χ0) is 13.5. The van der Waals surface area contributed by atoms with Crippen LogP contribution < -0.4 is 11.3 Å². The number of rotatable bonds is 7. The normalized spacial score (nSPS) is 20.6. The molecule has 3 N–H and O–H groups in total. The molecule has 4 heteroatoms. The van der Waals surface area contributed by atoms with Crippen LogP contribution in [-0.2, 0) is 11.2 Å². The van der Waals surface area contributed by atoms with Gasteiger partial charge < -0.3 is 4.74 Å². The molecule has 1 aliphatic heterocycles. The number of benzene rings is 1. The summed E-state index contributed by atoms with van der Waals surface area (Å²) in [4.78, 5) is 0. The highest BCUT2D eigenvalue weighted by atomic mass is 35.5. The van der Waals surface area contributed by atoms with Crippen molar-refractivity contribution >= 4 is 11.6 Å². The first-order chi connectivity index (χ1) is 9.28. The Morgan fingerprint density at radius 3 is 3.05 bits per heavy atom. The first-order valence-corrected chi connectivity index (χ1v) is 7.48. The minimum atomic E-state index is 0.305. The molecule has 1 fully saturated rings. The van der Waals surface area contributed by atoms with Crippen LogP contribution in [-0.4, -0.2) is 18.8 Å². The average molecular weight is 283 g/mol. The van der Waals surface area contributed by atoms with Crippen molar-refractivity contribution in [1.29, 1.82) is 0 Å². The van der Waals surface area contributed by atoms with Crippen LogP contribution >= 0.6 is 11.6 Å². The molecule has 0 saturated carbocycles. The van der Waals surface area contributed by atoms with Gasteiger partial charge in [0.25, 0.3) is 0 Å². The zero-order valence-corrected chi connectivity index (χ0v) is 12.0. The summed E-state index contributed by atoms with van der Waals surface area (Å²) in [6.45, 7) is 0.936. The van der Waals surface area contributed by atoms with Crippen molar-refractivity contribution in [3.63, 3.8) is 0 Å². The lowest BCUT2D eigenvalue weighted by Gasteiger charge is -2.17. The van der Waals surface area contributed by atoms with Gasteiger partial charge in [-0.15, -0.1) is 0 Å². The molecule has 0 bridgehead atoms. The van der Waals surface area contributed by atoms with Gasteiger partial charge in [-0.3, -0.25) is 11.3 Å². The smallest absolute Gasteiger partial charge is 0.0576 e. The third-order valence-corrected chi connectivity index (χ3v) is 3.94. The van der Waals surface area contributed by atoms with E-state index in [-0.39, 0.29) is 0 Å². The Morgan fingerprint density at radius 2 is 2.37 bits per heavy atom. The monoisotopic (exact) mass is 282 g/mol. The molecule has 0 radical (unpaired) electrons. The number of ether oxygens (including phenoxy) is 1. The van der Waals surface area contributed by atoms with E-state index in [4.69, 9.17) is 22.2 Å². The Bertz CT molecular complexity index is 380. The molecule has 1 saturated heterocycles. The second kappa shape index (κ2) is 7.85. The van der Waals surface area contributed by atoms with Crippen LogP contribution in [0.4, 0.5) is 0 Å². The van der Waals surface area contributed by atoms with Gasteiger partial charge in [0.1, 0.15) is 0 Å². The summed E-state index contributed by atoms with van der Waals surface area (Å²) in [6, 6.07) is 8.28. The molecule has 19 heavy (non-hydrogen) atoms. The maximum absolute atomic E-state index is 5.99. The zero-order valence-electron chi connectivity index (χ0n) is 11.3. The van der Waals surface area contributed by atoms with E-state index in [0.29, 0.717) is 12.1 Å². The van der Waals surface area contributed by atoms with Gasteiger partial charge in [-0.25, -0.2) is 0 Å². The van der Waals surface area contributed by atoms with E-state index >= 15 is 0 Å². The third-order valence-electron chi connectivity index (χ3n) is 3.71. The van der Waals surface area contributed by atoms with Gasteiger partial charge in [0.2, 0.25) is 0 Å². The van der Waals surface area contributed by atoms with Crippen molar-refractivity contribution in [2.75, 3.05) is 6.61 Å². The highest BCUT2D eigenvalue weighted by Gasteiger charge is 2.16. The minimum absolute atomic E-state index is 0.305. The van der Waals surface area contributed by atoms with E-state index in [1.54, 1.807) is 0 Å². The summed E-state index contributed by atoms with van der Waals surface area (Å²) in [5, 5.41) is 0.785. The maximum atomic E-state index is 5.99. The van der Waals surface area contributed by atoms with Crippen LogP contribution in [0.1, 0.15) is 37.7 Å². The highest BCUT2D eigenvalue weighted by molar-refractivity contribution is 6.30. The van der Waals surface area contributed by atoms with Gasteiger partial charge in [0.15, 0.2) is 0 Å². The van der Waals surface area contributed by atoms with Crippen molar-refractivity contribution in [3.05, 3.63) is 34.9 Å². The number of hydrogen-bond acceptors (Lipinski definition) is 3. The Hall–Kier alpha value is -0.610. The van der Waals surface area contributed by atoms with Crippen LogP contribution in [0.2, 0.25) is 5.02 Å². The minimum Gasteiger partial charge on any atom is -0.378 e. The quantitative estimate of drug-likeness (QED) is 0.597. The lowest BCUT2D eigenvalue weighted by Crippen LogP contribution is -2.36. The molecular weight excluding hydrogens is 260 g/mol. The van der Waals surface area contributed by atoms with E-state index in [2.05, 4.69) is 11.5 Å². The number of hydrogen-bond donors (Lipinski definition) is 2.